The molecule has 1 atom stereocenters. The van der Waals surface area contributed by atoms with E-state index < -0.39 is 0 Å². The van der Waals surface area contributed by atoms with Crippen LogP contribution in [0, 0.1) is 6.92 Å². The smallest absolute Gasteiger partial charge is 0.119 e. The summed E-state index contributed by atoms with van der Waals surface area (Å²) in [6.45, 7) is 6.59. The van der Waals surface area contributed by atoms with Gasteiger partial charge < -0.3 is 0 Å². The van der Waals surface area contributed by atoms with Crippen LogP contribution in [0.4, 0.5) is 11.4 Å². The predicted molar refractivity (Wildman–Crippen MR) is 59.0 cm³/mol. The standard InChI is InChI=1S/C11H17N3/c1-4-9(3)14-11-7-8(2)5-6-10(11)12-13-14/h5-7,9,12-13H,4H2,1-3H3/p+1. The van der Waals surface area contributed by atoms with E-state index in [0.717, 1.165) is 6.42 Å². The van der Waals surface area contributed by atoms with Gasteiger partial charge in [0.05, 0.1) is 6.04 Å². The molecule has 0 aromatic heterocycles. The second kappa shape index (κ2) is 3.50. The van der Waals surface area contributed by atoms with Crippen LogP contribution in [0.3, 0.4) is 0 Å². The molecule has 14 heavy (non-hydrogen) atoms. The molecule has 0 aliphatic carbocycles. The second-order valence-corrected chi connectivity index (χ2v) is 3.96. The highest BCUT2D eigenvalue weighted by Gasteiger charge is 2.25. The van der Waals surface area contributed by atoms with E-state index in [-0.39, 0.29) is 0 Å². The van der Waals surface area contributed by atoms with Crippen LogP contribution >= 0.6 is 0 Å². The lowest BCUT2D eigenvalue weighted by molar-refractivity contribution is -0.635. The summed E-state index contributed by atoms with van der Waals surface area (Å²) in [7, 11) is 0. The second-order valence-electron chi connectivity index (χ2n) is 3.96. The number of anilines is 2. The van der Waals surface area contributed by atoms with Gasteiger partial charge in [-0.15, -0.1) is 5.53 Å². The lowest BCUT2D eigenvalue weighted by Crippen LogP contribution is -2.96. The quantitative estimate of drug-likeness (QED) is 0.694. The zero-order chi connectivity index (χ0) is 10.1. The van der Waals surface area contributed by atoms with Crippen molar-refractivity contribution in [3.05, 3.63) is 23.8 Å². The Morgan fingerprint density at radius 1 is 1.50 bits per heavy atom. The van der Waals surface area contributed by atoms with Gasteiger partial charge in [0.15, 0.2) is 0 Å². The monoisotopic (exact) mass is 192 g/mol. The molecule has 1 unspecified atom stereocenters. The van der Waals surface area contributed by atoms with Crippen molar-refractivity contribution in [2.75, 3.05) is 10.4 Å². The summed E-state index contributed by atoms with van der Waals surface area (Å²) in [5, 5.41) is 2.31. The Kier molecular flexibility index (Phi) is 2.33. The number of hydrogen-bond acceptors (Lipinski definition) is 2. The molecular weight excluding hydrogens is 174 g/mol. The van der Waals surface area contributed by atoms with Crippen LogP contribution in [0.15, 0.2) is 18.2 Å². The van der Waals surface area contributed by atoms with Gasteiger partial charge >= 0.3 is 0 Å². The fourth-order valence-corrected chi connectivity index (χ4v) is 1.75. The summed E-state index contributed by atoms with van der Waals surface area (Å²) in [5.74, 6) is 0. The highest BCUT2D eigenvalue weighted by atomic mass is 15.7. The Hall–Kier alpha value is -1.22. The lowest BCUT2D eigenvalue weighted by atomic mass is 10.1. The minimum Gasteiger partial charge on any atom is -0.213 e. The van der Waals surface area contributed by atoms with Gasteiger partial charge in [-0.3, -0.25) is 0 Å². The van der Waals surface area contributed by atoms with Crippen LogP contribution in [0.5, 0.6) is 0 Å². The number of nitrogens with zero attached hydrogens (tertiary/aromatic N) is 1. The normalized spacial score (nSPS) is 16.4. The number of hydrogen-bond donors (Lipinski definition) is 2. The minimum atomic E-state index is 0.561. The summed E-state index contributed by atoms with van der Waals surface area (Å²) in [6, 6.07) is 7.08. The molecule has 1 aliphatic rings. The summed E-state index contributed by atoms with van der Waals surface area (Å²) in [4.78, 5) is 0. The number of fused-ring (bicyclic) bond motifs is 1. The summed E-state index contributed by atoms with van der Waals surface area (Å²) >= 11 is 0. The first-order valence-electron chi connectivity index (χ1n) is 5.21. The zero-order valence-electron chi connectivity index (χ0n) is 9.04. The van der Waals surface area contributed by atoms with Crippen molar-refractivity contribution in [1.29, 1.82) is 0 Å². The number of benzene rings is 1. The van der Waals surface area contributed by atoms with Gasteiger partial charge in [-0.05, 0) is 38.0 Å². The van der Waals surface area contributed by atoms with E-state index in [1.807, 2.05) is 0 Å². The number of nitrogen functional groups attached to an aromatic ring is 1. The van der Waals surface area contributed by atoms with Crippen molar-refractivity contribution in [2.45, 2.75) is 33.2 Å². The molecule has 1 aromatic carbocycles. The Morgan fingerprint density at radius 2 is 2.29 bits per heavy atom. The van der Waals surface area contributed by atoms with Gasteiger partial charge in [-0.2, -0.15) is 5.01 Å². The maximum atomic E-state index is 3.29. The van der Waals surface area contributed by atoms with Gasteiger partial charge in [0.2, 0.25) is 0 Å². The van der Waals surface area contributed by atoms with Crippen molar-refractivity contribution in [3.8, 4) is 0 Å². The van der Waals surface area contributed by atoms with Crippen LogP contribution in [0.25, 0.3) is 0 Å². The molecule has 0 amide bonds. The van der Waals surface area contributed by atoms with Crippen LogP contribution in [0.2, 0.25) is 0 Å². The molecular formula is C11H18N3+. The molecule has 3 nitrogen and oxygen atoms in total. The first-order chi connectivity index (χ1) is 6.72. The van der Waals surface area contributed by atoms with E-state index in [4.69, 9.17) is 0 Å². The molecule has 1 aromatic rings. The zero-order valence-corrected chi connectivity index (χ0v) is 9.04. The summed E-state index contributed by atoms with van der Waals surface area (Å²) in [5.41, 5.74) is 9.20. The number of nitrogens with one attached hydrogen (secondary N) is 1. The maximum absolute atomic E-state index is 3.29. The van der Waals surface area contributed by atoms with E-state index in [0.29, 0.717) is 6.04 Å². The Bertz CT molecular complexity index is 335. The number of rotatable bonds is 2. The SMILES string of the molecule is CCC(C)N1[NH2+]Nc2ccc(C)cc21. The Balaban J connectivity index is 2.33. The van der Waals surface area contributed by atoms with E-state index in [2.05, 4.69) is 54.9 Å². The van der Waals surface area contributed by atoms with Crippen molar-refractivity contribution in [3.63, 3.8) is 0 Å². The summed E-state index contributed by atoms with van der Waals surface area (Å²) < 4.78 is 0. The molecule has 0 radical (unpaired) electrons. The van der Waals surface area contributed by atoms with Gasteiger partial charge in [0, 0.05) is 0 Å². The lowest BCUT2D eigenvalue weighted by Gasteiger charge is -2.20. The maximum Gasteiger partial charge on any atom is 0.119 e. The van der Waals surface area contributed by atoms with Crippen molar-refractivity contribution < 1.29 is 5.53 Å². The molecule has 3 heteroatoms. The van der Waals surface area contributed by atoms with Crippen molar-refractivity contribution in [1.82, 2.24) is 0 Å². The van der Waals surface area contributed by atoms with E-state index >= 15 is 0 Å². The van der Waals surface area contributed by atoms with Gasteiger partial charge in [0.1, 0.15) is 11.4 Å². The molecule has 76 valence electrons. The highest BCUT2D eigenvalue weighted by molar-refractivity contribution is 5.70. The molecule has 0 saturated heterocycles. The number of nitrogens with two attached hydrogens (primary N) is 1. The van der Waals surface area contributed by atoms with Gasteiger partial charge in [-0.25, -0.2) is 5.43 Å². The van der Waals surface area contributed by atoms with Crippen LogP contribution in [0.1, 0.15) is 25.8 Å². The summed E-state index contributed by atoms with van der Waals surface area (Å²) in [6.07, 6.45) is 1.16. The van der Waals surface area contributed by atoms with Crippen LogP contribution in [-0.4, -0.2) is 6.04 Å². The van der Waals surface area contributed by atoms with Crippen molar-refractivity contribution >= 4 is 11.4 Å². The predicted octanol–water partition coefficient (Wildman–Crippen LogP) is 1.42. The fourth-order valence-electron chi connectivity index (χ4n) is 1.75. The molecule has 0 fully saturated rings. The third-order valence-corrected chi connectivity index (χ3v) is 2.86. The van der Waals surface area contributed by atoms with Gasteiger partial charge in [-0.1, -0.05) is 13.0 Å². The molecule has 0 spiro atoms. The molecule has 3 N–H and O–H groups in total. The minimum absolute atomic E-state index is 0.561. The highest BCUT2D eigenvalue weighted by Crippen LogP contribution is 2.28. The largest absolute Gasteiger partial charge is 0.213 e. The third kappa shape index (κ3) is 1.44. The van der Waals surface area contributed by atoms with Gasteiger partial charge in [0.25, 0.3) is 0 Å². The Morgan fingerprint density at radius 3 is 3.00 bits per heavy atom. The molecule has 0 saturated carbocycles. The van der Waals surface area contributed by atoms with E-state index in [1.54, 1.807) is 0 Å². The van der Waals surface area contributed by atoms with Crippen LogP contribution < -0.4 is 16.0 Å². The van der Waals surface area contributed by atoms with Crippen molar-refractivity contribution in [2.24, 2.45) is 0 Å². The average molecular weight is 192 g/mol. The first-order valence-corrected chi connectivity index (χ1v) is 5.21. The molecule has 2 rings (SSSR count). The van der Waals surface area contributed by atoms with E-state index in [9.17, 15) is 0 Å². The Labute approximate surface area is 85.1 Å². The first kappa shape index (κ1) is 9.34. The third-order valence-electron chi connectivity index (χ3n) is 2.86. The average Bonchev–Trinajstić information content (AvgIpc) is 2.59. The molecule has 0 bridgehead atoms. The molecule has 1 heterocycles. The number of aryl methyl sites for hydroxylation is 1. The van der Waals surface area contributed by atoms with Crippen LogP contribution in [-0.2, 0) is 0 Å². The topological polar surface area (TPSA) is 31.9 Å². The van der Waals surface area contributed by atoms with E-state index in [1.165, 1.54) is 16.9 Å². The molecule has 1 aliphatic heterocycles. The number of quaternary nitrogens is 1. The fraction of sp³-hybridized carbons (Fsp3) is 0.455.